The van der Waals surface area contributed by atoms with Crippen LogP contribution >= 0.6 is 23.2 Å². The molecule has 206 valence electrons. The normalized spacial score (nSPS) is 21.1. The Morgan fingerprint density at radius 1 is 1.11 bits per heavy atom. The van der Waals surface area contributed by atoms with Crippen LogP contribution in [-0.4, -0.2) is 53.4 Å². The fourth-order valence-corrected chi connectivity index (χ4v) is 5.32. The first-order chi connectivity index (χ1) is 17.8. The number of carbonyl (C=O) groups excluding carboxylic acids is 2. The maximum atomic E-state index is 13.1. The van der Waals surface area contributed by atoms with Gasteiger partial charge in [-0.15, -0.1) is 0 Å². The molecule has 0 saturated carbocycles. The monoisotopic (exact) mass is 573 g/mol. The standard InChI is InChI=1S/C25H28Cl2F3N5O3/c1-24(2,38-20-7-3-14(26)9-19(20)27)22(36)33-16-10-17-5-6-18(11-16)35(17)21-8-4-15(12-31-21)34-23(37)32-13-25(28,29)30/h3-4,7-9,12,16-18H,5-6,10-11,13H2,1-2H3,(H,33,36)(H2,32,34,37)/t16?,17-,18+. The average Bonchev–Trinajstić information content (AvgIpc) is 3.09. The number of pyridine rings is 1. The van der Waals surface area contributed by atoms with Crippen LogP contribution in [0.5, 0.6) is 5.75 Å². The molecule has 1 aromatic heterocycles. The Balaban J connectivity index is 1.33. The van der Waals surface area contributed by atoms with E-state index in [9.17, 15) is 22.8 Å². The van der Waals surface area contributed by atoms with Crippen molar-refractivity contribution < 1.29 is 27.5 Å². The van der Waals surface area contributed by atoms with Crippen LogP contribution in [0.15, 0.2) is 36.5 Å². The predicted octanol–water partition coefficient (Wildman–Crippen LogP) is 5.55. The average molecular weight is 574 g/mol. The van der Waals surface area contributed by atoms with Gasteiger partial charge in [-0.3, -0.25) is 4.79 Å². The summed E-state index contributed by atoms with van der Waals surface area (Å²) < 4.78 is 42.7. The molecule has 0 spiro atoms. The van der Waals surface area contributed by atoms with E-state index in [0.717, 1.165) is 25.7 Å². The molecule has 0 aliphatic carbocycles. The number of rotatable bonds is 7. The molecule has 2 saturated heterocycles. The van der Waals surface area contributed by atoms with Crippen molar-refractivity contribution in [2.75, 3.05) is 16.8 Å². The number of nitrogens with one attached hydrogen (secondary N) is 3. The molecule has 2 aromatic rings. The second kappa shape index (κ2) is 11.1. The van der Waals surface area contributed by atoms with E-state index < -0.39 is 24.4 Å². The Morgan fingerprint density at radius 2 is 1.79 bits per heavy atom. The van der Waals surface area contributed by atoms with Gasteiger partial charge in [0.1, 0.15) is 18.1 Å². The molecule has 13 heteroatoms. The van der Waals surface area contributed by atoms with E-state index in [1.807, 2.05) is 0 Å². The molecule has 2 aliphatic heterocycles. The number of halogens is 5. The van der Waals surface area contributed by atoms with Crippen LogP contribution in [0.25, 0.3) is 0 Å². The molecule has 3 atom stereocenters. The van der Waals surface area contributed by atoms with Crippen molar-refractivity contribution in [1.82, 2.24) is 15.6 Å². The summed E-state index contributed by atoms with van der Waals surface area (Å²) in [5.41, 5.74) is -0.879. The summed E-state index contributed by atoms with van der Waals surface area (Å²) in [5, 5.41) is 8.01. The van der Waals surface area contributed by atoms with Crippen molar-refractivity contribution in [3.05, 3.63) is 46.6 Å². The molecule has 0 radical (unpaired) electrons. The van der Waals surface area contributed by atoms with Gasteiger partial charge in [0.25, 0.3) is 5.91 Å². The highest BCUT2D eigenvalue weighted by Crippen LogP contribution is 2.39. The van der Waals surface area contributed by atoms with Gasteiger partial charge in [-0.05, 0) is 69.9 Å². The largest absolute Gasteiger partial charge is 0.476 e. The summed E-state index contributed by atoms with van der Waals surface area (Å²) in [4.78, 5) is 31.4. The lowest BCUT2D eigenvalue weighted by Crippen LogP contribution is -2.55. The van der Waals surface area contributed by atoms with Crippen molar-refractivity contribution >= 4 is 46.6 Å². The number of hydrogen-bond donors (Lipinski definition) is 3. The molecule has 2 fully saturated rings. The van der Waals surface area contributed by atoms with E-state index in [-0.39, 0.29) is 29.7 Å². The number of fused-ring (bicyclic) bond motifs is 2. The van der Waals surface area contributed by atoms with Gasteiger partial charge in [-0.25, -0.2) is 9.78 Å². The highest BCUT2D eigenvalue weighted by molar-refractivity contribution is 6.35. The summed E-state index contributed by atoms with van der Waals surface area (Å²) in [5.74, 6) is 0.830. The molecule has 38 heavy (non-hydrogen) atoms. The topological polar surface area (TPSA) is 95.6 Å². The van der Waals surface area contributed by atoms with Crippen LogP contribution in [0, 0.1) is 0 Å². The first-order valence-electron chi connectivity index (χ1n) is 12.1. The fraction of sp³-hybridized carbons (Fsp3) is 0.480. The number of anilines is 2. The van der Waals surface area contributed by atoms with Crippen molar-refractivity contribution in [1.29, 1.82) is 0 Å². The summed E-state index contributed by atoms with van der Waals surface area (Å²) in [6, 6.07) is 7.48. The lowest BCUT2D eigenvalue weighted by atomic mass is 9.96. The molecule has 2 aliphatic rings. The van der Waals surface area contributed by atoms with Crippen LogP contribution in [0.2, 0.25) is 10.0 Å². The third-order valence-electron chi connectivity index (χ3n) is 6.59. The molecular formula is C25H28Cl2F3N5O3. The first kappa shape index (κ1) is 28.1. The molecule has 1 aromatic carbocycles. The minimum absolute atomic E-state index is 0.0434. The second-order valence-corrected chi connectivity index (χ2v) is 10.8. The molecule has 3 amide bonds. The van der Waals surface area contributed by atoms with E-state index in [4.69, 9.17) is 27.9 Å². The van der Waals surface area contributed by atoms with Crippen LogP contribution in [0.4, 0.5) is 29.5 Å². The van der Waals surface area contributed by atoms with Crippen LogP contribution < -0.4 is 25.6 Å². The Bertz CT molecular complexity index is 1170. The number of urea groups is 1. The number of benzene rings is 1. The molecule has 2 bridgehead atoms. The van der Waals surface area contributed by atoms with Crippen molar-refractivity contribution in [2.45, 2.75) is 69.4 Å². The van der Waals surface area contributed by atoms with Crippen LogP contribution in [0.1, 0.15) is 39.5 Å². The lowest BCUT2D eigenvalue weighted by Gasteiger charge is -2.40. The third-order valence-corrected chi connectivity index (χ3v) is 7.12. The van der Waals surface area contributed by atoms with E-state index in [2.05, 4.69) is 20.5 Å². The maximum absolute atomic E-state index is 13.1. The van der Waals surface area contributed by atoms with Gasteiger partial charge in [-0.2, -0.15) is 13.2 Å². The Kier molecular flexibility index (Phi) is 8.17. The van der Waals surface area contributed by atoms with Crippen molar-refractivity contribution in [2.24, 2.45) is 0 Å². The smallest absolute Gasteiger partial charge is 0.405 e. The molecule has 4 rings (SSSR count). The zero-order valence-electron chi connectivity index (χ0n) is 20.7. The van der Waals surface area contributed by atoms with Gasteiger partial charge in [-0.1, -0.05) is 23.2 Å². The Labute approximate surface area is 228 Å². The molecule has 1 unspecified atom stereocenters. The van der Waals surface area contributed by atoms with Gasteiger partial charge in [0, 0.05) is 23.1 Å². The minimum atomic E-state index is -4.49. The highest BCUT2D eigenvalue weighted by Gasteiger charge is 2.43. The van der Waals surface area contributed by atoms with Gasteiger partial charge < -0.3 is 25.6 Å². The van der Waals surface area contributed by atoms with E-state index in [1.54, 1.807) is 49.5 Å². The zero-order chi connectivity index (χ0) is 27.7. The number of carbonyl (C=O) groups is 2. The predicted molar refractivity (Wildman–Crippen MR) is 139 cm³/mol. The number of alkyl halides is 3. The number of hydrogen-bond acceptors (Lipinski definition) is 5. The zero-order valence-corrected chi connectivity index (χ0v) is 22.3. The Hall–Kier alpha value is -2.92. The van der Waals surface area contributed by atoms with Crippen molar-refractivity contribution in [3.8, 4) is 5.75 Å². The van der Waals surface area contributed by atoms with Crippen LogP contribution in [-0.2, 0) is 4.79 Å². The summed E-state index contributed by atoms with van der Waals surface area (Å²) in [7, 11) is 0. The number of aromatic nitrogens is 1. The summed E-state index contributed by atoms with van der Waals surface area (Å²) >= 11 is 12.1. The molecule has 3 N–H and O–H groups in total. The number of amides is 3. The third kappa shape index (κ3) is 6.93. The maximum Gasteiger partial charge on any atom is 0.405 e. The SMILES string of the molecule is CC(C)(Oc1ccc(Cl)cc1Cl)C(=O)NC1C[C@H]2CC[C@@H](C1)N2c1ccc(NC(=O)NCC(F)(F)F)cn1. The minimum Gasteiger partial charge on any atom is -0.476 e. The lowest BCUT2D eigenvalue weighted by molar-refractivity contribution is -0.135. The van der Waals surface area contributed by atoms with Gasteiger partial charge >= 0.3 is 12.2 Å². The first-order valence-corrected chi connectivity index (χ1v) is 12.9. The van der Waals surface area contributed by atoms with E-state index in [0.29, 0.717) is 21.6 Å². The summed E-state index contributed by atoms with van der Waals surface area (Å²) in [6.07, 6.45) is 0.260. The van der Waals surface area contributed by atoms with Gasteiger partial charge in [0.15, 0.2) is 5.60 Å². The van der Waals surface area contributed by atoms with Gasteiger partial charge in [0.05, 0.1) is 16.9 Å². The van der Waals surface area contributed by atoms with Gasteiger partial charge in [0.2, 0.25) is 0 Å². The van der Waals surface area contributed by atoms with E-state index >= 15 is 0 Å². The Morgan fingerprint density at radius 3 is 2.37 bits per heavy atom. The van der Waals surface area contributed by atoms with Crippen LogP contribution in [0.3, 0.4) is 0 Å². The highest BCUT2D eigenvalue weighted by atomic mass is 35.5. The fourth-order valence-electron chi connectivity index (χ4n) is 4.88. The number of ether oxygens (including phenoxy) is 1. The van der Waals surface area contributed by atoms with E-state index in [1.165, 1.54) is 6.20 Å². The quantitative estimate of drug-likeness (QED) is 0.404. The number of piperidine rings is 1. The number of nitrogens with zero attached hydrogens (tertiary/aromatic N) is 2. The van der Waals surface area contributed by atoms with Crippen molar-refractivity contribution in [3.63, 3.8) is 0 Å². The molecular weight excluding hydrogens is 546 g/mol. The summed E-state index contributed by atoms with van der Waals surface area (Å²) in [6.45, 7) is 1.94. The second-order valence-electron chi connectivity index (χ2n) is 9.95. The molecule has 3 heterocycles. The molecule has 8 nitrogen and oxygen atoms in total.